The molecule has 92 valence electrons. The second-order valence-electron chi connectivity index (χ2n) is 3.84. The Kier molecular flexibility index (Phi) is 2.97. The van der Waals surface area contributed by atoms with Gasteiger partial charge in [0.2, 0.25) is 0 Å². The van der Waals surface area contributed by atoms with Crippen LogP contribution in [0.5, 0.6) is 5.75 Å². The molecule has 0 fully saturated rings. The number of phenolic OH excluding ortho intramolecular Hbond substituents is 1. The van der Waals surface area contributed by atoms with E-state index in [0.717, 1.165) is 6.07 Å². The first-order valence-electron chi connectivity index (χ1n) is 5.07. The summed E-state index contributed by atoms with van der Waals surface area (Å²) in [6.45, 7) is 1.67. The van der Waals surface area contributed by atoms with Crippen LogP contribution in [0.1, 0.15) is 11.3 Å². The van der Waals surface area contributed by atoms with Crippen LogP contribution < -0.4 is 0 Å². The fourth-order valence-electron chi connectivity index (χ4n) is 1.76. The minimum atomic E-state index is -0.594. The summed E-state index contributed by atoms with van der Waals surface area (Å²) in [6.07, 6.45) is 0. The van der Waals surface area contributed by atoms with Gasteiger partial charge in [-0.1, -0.05) is 11.6 Å². The van der Waals surface area contributed by atoms with Crippen molar-refractivity contribution < 1.29 is 9.50 Å². The monoisotopic (exact) mass is 265 g/mol. The lowest BCUT2D eigenvalue weighted by atomic mass is 10.1. The van der Waals surface area contributed by atoms with E-state index in [2.05, 4.69) is 5.10 Å². The van der Waals surface area contributed by atoms with Gasteiger partial charge in [0.05, 0.1) is 10.7 Å². The molecule has 0 saturated carbocycles. The topological polar surface area (TPSA) is 61.8 Å². The summed E-state index contributed by atoms with van der Waals surface area (Å²) in [5.41, 5.74) is 1.34. The van der Waals surface area contributed by atoms with E-state index in [4.69, 9.17) is 16.9 Å². The highest BCUT2D eigenvalue weighted by Crippen LogP contribution is 2.33. The van der Waals surface area contributed by atoms with Gasteiger partial charge >= 0.3 is 0 Å². The maximum Gasteiger partial charge on any atom is 0.141 e. The highest BCUT2D eigenvalue weighted by Gasteiger charge is 2.18. The predicted molar refractivity (Wildman–Crippen MR) is 64.7 cm³/mol. The van der Waals surface area contributed by atoms with E-state index in [9.17, 15) is 9.50 Å². The molecule has 0 aliphatic carbocycles. The van der Waals surface area contributed by atoms with E-state index in [-0.39, 0.29) is 16.3 Å². The number of aromatic nitrogens is 2. The first-order chi connectivity index (χ1) is 8.45. The van der Waals surface area contributed by atoms with Crippen molar-refractivity contribution in [3.63, 3.8) is 0 Å². The Balaban J connectivity index is 2.71. The number of aromatic hydroxyl groups is 1. The van der Waals surface area contributed by atoms with E-state index in [1.807, 2.05) is 6.07 Å². The number of aryl methyl sites for hydroxylation is 1. The first kappa shape index (κ1) is 12.4. The Labute approximate surface area is 108 Å². The van der Waals surface area contributed by atoms with Gasteiger partial charge in [-0.3, -0.25) is 4.68 Å². The molecular weight excluding hydrogens is 257 g/mol. The Morgan fingerprint density at radius 3 is 2.72 bits per heavy atom. The van der Waals surface area contributed by atoms with E-state index in [1.165, 1.54) is 10.7 Å². The quantitative estimate of drug-likeness (QED) is 0.862. The zero-order chi connectivity index (χ0) is 13.4. The number of phenols is 1. The van der Waals surface area contributed by atoms with Crippen LogP contribution in [0.25, 0.3) is 11.3 Å². The van der Waals surface area contributed by atoms with Gasteiger partial charge in [0.15, 0.2) is 0 Å². The number of hydrogen-bond donors (Lipinski definition) is 1. The predicted octanol–water partition coefficient (Wildman–Crippen LogP) is 2.77. The molecule has 0 spiro atoms. The molecule has 0 radical (unpaired) electrons. The fraction of sp³-hybridized carbons (Fsp3) is 0.167. The highest BCUT2D eigenvalue weighted by molar-refractivity contribution is 6.32. The summed E-state index contributed by atoms with van der Waals surface area (Å²) >= 11 is 5.61. The van der Waals surface area contributed by atoms with Gasteiger partial charge in [-0.05, 0) is 19.1 Å². The first-order valence-corrected chi connectivity index (χ1v) is 5.45. The molecule has 0 aliphatic heterocycles. The van der Waals surface area contributed by atoms with Crippen LogP contribution in [-0.2, 0) is 7.05 Å². The smallest absolute Gasteiger partial charge is 0.141 e. The second-order valence-corrected chi connectivity index (χ2v) is 4.25. The molecule has 1 heterocycles. The third-order valence-electron chi connectivity index (χ3n) is 2.68. The van der Waals surface area contributed by atoms with Gasteiger partial charge in [-0.25, -0.2) is 4.39 Å². The number of hydrogen-bond acceptors (Lipinski definition) is 3. The summed E-state index contributed by atoms with van der Waals surface area (Å²) < 4.78 is 15.2. The molecule has 0 aliphatic rings. The lowest BCUT2D eigenvalue weighted by molar-refractivity contribution is 0.474. The molecule has 1 N–H and O–H groups in total. The van der Waals surface area contributed by atoms with E-state index >= 15 is 0 Å². The van der Waals surface area contributed by atoms with Crippen molar-refractivity contribution in [1.82, 2.24) is 9.78 Å². The normalized spacial score (nSPS) is 10.4. The Bertz CT molecular complexity index is 673. The molecule has 2 rings (SSSR count). The molecule has 0 atom stereocenters. The summed E-state index contributed by atoms with van der Waals surface area (Å²) in [5, 5.41) is 22.5. The molecule has 0 saturated heterocycles. The van der Waals surface area contributed by atoms with E-state index < -0.39 is 5.82 Å². The molecule has 4 nitrogen and oxygen atoms in total. The van der Waals surface area contributed by atoms with Crippen molar-refractivity contribution in [2.45, 2.75) is 6.92 Å². The van der Waals surface area contributed by atoms with E-state index in [1.54, 1.807) is 14.0 Å². The van der Waals surface area contributed by atoms with Crippen LogP contribution in [0.2, 0.25) is 5.02 Å². The van der Waals surface area contributed by atoms with Crippen molar-refractivity contribution >= 4 is 11.6 Å². The number of nitrogens with zero attached hydrogens (tertiary/aromatic N) is 3. The van der Waals surface area contributed by atoms with Gasteiger partial charge in [-0.2, -0.15) is 10.4 Å². The highest BCUT2D eigenvalue weighted by atomic mass is 35.5. The third kappa shape index (κ3) is 1.81. The van der Waals surface area contributed by atoms with Crippen LogP contribution in [-0.4, -0.2) is 14.9 Å². The number of rotatable bonds is 1. The van der Waals surface area contributed by atoms with Gasteiger partial charge in [0.25, 0.3) is 0 Å². The number of nitriles is 1. The SMILES string of the molecule is Cc1c(-c2cc(O)c(Cl)cc2F)nn(C)c1C#N. The Hall–Kier alpha value is -2.06. The van der Waals surface area contributed by atoms with E-state index in [0.29, 0.717) is 17.0 Å². The molecule has 0 bridgehead atoms. The van der Waals surface area contributed by atoms with Crippen LogP contribution in [0.4, 0.5) is 4.39 Å². The van der Waals surface area contributed by atoms with Crippen molar-refractivity contribution in [2.75, 3.05) is 0 Å². The maximum atomic E-state index is 13.8. The number of benzene rings is 1. The van der Waals surface area contributed by atoms with Crippen LogP contribution in [0.3, 0.4) is 0 Å². The molecular formula is C12H9ClFN3O. The lowest BCUT2D eigenvalue weighted by Gasteiger charge is -2.03. The van der Waals surface area contributed by atoms with Crippen molar-refractivity contribution in [3.05, 3.63) is 34.2 Å². The minimum absolute atomic E-state index is 0.0645. The van der Waals surface area contributed by atoms with Gasteiger partial charge in [0, 0.05) is 18.2 Å². The molecule has 6 heteroatoms. The molecule has 1 aromatic carbocycles. The van der Waals surface area contributed by atoms with Crippen LogP contribution >= 0.6 is 11.6 Å². The standard InChI is InChI=1S/C12H9ClFN3O/c1-6-10(5-15)17(2)16-12(6)7-3-11(18)8(13)4-9(7)14/h3-4,18H,1-2H3. The van der Waals surface area contributed by atoms with Gasteiger partial charge in [0.1, 0.15) is 23.3 Å². The molecule has 1 aromatic heterocycles. The minimum Gasteiger partial charge on any atom is -0.506 e. The Morgan fingerprint density at radius 2 is 2.17 bits per heavy atom. The molecule has 2 aromatic rings. The summed E-state index contributed by atoms with van der Waals surface area (Å²) in [7, 11) is 1.60. The van der Waals surface area contributed by atoms with Gasteiger partial charge in [-0.15, -0.1) is 0 Å². The van der Waals surface area contributed by atoms with Gasteiger partial charge < -0.3 is 5.11 Å². The summed E-state index contributed by atoms with van der Waals surface area (Å²) in [5.74, 6) is -0.819. The summed E-state index contributed by atoms with van der Waals surface area (Å²) in [6, 6.07) is 4.21. The zero-order valence-corrected chi connectivity index (χ0v) is 10.5. The Morgan fingerprint density at radius 1 is 1.50 bits per heavy atom. The van der Waals surface area contributed by atoms with Crippen LogP contribution in [0.15, 0.2) is 12.1 Å². The average molecular weight is 266 g/mol. The van der Waals surface area contributed by atoms with Crippen molar-refractivity contribution in [3.8, 4) is 23.1 Å². The average Bonchev–Trinajstić information content (AvgIpc) is 2.59. The van der Waals surface area contributed by atoms with Crippen LogP contribution in [0, 0.1) is 24.1 Å². The largest absolute Gasteiger partial charge is 0.506 e. The van der Waals surface area contributed by atoms with Crippen molar-refractivity contribution in [2.24, 2.45) is 7.05 Å². The molecule has 18 heavy (non-hydrogen) atoms. The lowest BCUT2D eigenvalue weighted by Crippen LogP contribution is -1.94. The van der Waals surface area contributed by atoms with Crippen molar-refractivity contribution in [1.29, 1.82) is 5.26 Å². The maximum absolute atomic E-state index is 13.8. The fourth-order valence-corrected chi connectivity index (χ4v) is 1.91. The molecule has 0 unspecified atom stereocenters. The molecule has 0 amide bonds. The zero-order valence-electron chi connectivity index (χ0n) is 9.70. The second kappa shape index (κ2) is 4.31. The summed E-state index contributed by atoms with van der Waals surface area (Å²) in [4.78, 5) is 0. The third-order valence-corrected chi connectivity index (χ3v) is 2.98. The number of halogens is 2.